The first-order valence-corrected chi connectivity index (χ1v) is 11.5. The molecular formula is C28H22N2O2S. The number of amidine groups is 1. The van der Waals surface area contributed by atoms with E-state index in [4.69, 9.17) is 4.74 Å². The molecule has 0 atom stereocenters. The molecule has 1 heterocycles. The fourth-order valence-corrected chi connectivity index (χ4v) is 4.39. The smallest absolute Gasteiger partial charge is 0.264 e. The summed E-state index contributed by atoms with van der Waals surface area (Å²) in [4.78, 5) is 17.8. The van der Waals surface area contributed by atoms with Crippen molar-refractivity contribution in [2.45, 2.75) is 13.5 Å². The van der Waals surface area contributed by atoms with Crippen LogP contribution in [0.2, 0.25) is 0 Å². The third-order valence-electron chi connectivity index (χ3n) is 5.32. The molecule has 33 heavy (non-hydrogen) atoms. The zero-order chi connectivity index (χ0) is 22.6. The molecule has 1 amide bonds. The number of ether oxygens (including phenoxy) is 1. The molecule has 0 radical (unpaired) electrons. The summed E-state index contributed by atoms with van der Waals surface area (Å²) < 4.78 is 6.22. The van der Waals surface area contributed by atoms with E-state index in [9.17, 15) is 4.79 Å². The van der Waals surface area contributed by atoms with Gasteiger partial charge in [0.1, 0.15) is 12.4 Å². The Morgan fingerprint density at radius 2 is 1.61 bits per heavy atom. The van der Waals surface area contributed by atoms with Crippen molar-refractivity contribution in [3.63, 3.8) is 0 Å². The lowest BCUT2D eigenvalue weighted by Crippen LogP contribution is -2.19. The van der Waals surface area contributed by atoms with Gasteiger partial charge in [0.05, 0.1) is 10.6 Å². The van der Waals surface area contributed by atoms with Gasteiger partial charge in [-0.15, -0.1) is 0 Å². The molecule has 1 N–H and O–H groups in total. The number of amides is 1. The number of aliphatic imine (C=N–C) groups is 1. The molecule has 4 aromatic rings. The predicted molar refractivity (Wildman–Crippen MR) is 137 cm³/mol. The zero-order valence-electron chi connectivity index (χ0n) is 18.1. The lowest BCUT2D eigenvalue weighted by Gasteiger charge is -2.12. The van der Waals surface area contributed by atoms with Crippen molar-refractivity contribution in [1.29, 1.82) is 0 Å². The Kier molecular flexibility index (Phi) is 5.96. The maximum atomic E-state index is 12.6. The Morgan fingerprint density at radius 3 is 2.36 bits per heavy atom. The summed E-state index contributed by atoms with van der Waals surface area (Å²) in [5.74, 6) is 0.580. The van der Waals surface area contributed by atoms with Crippen molar-refractivity contribution in [3.05, 3.63) is 113 Å². The standard InChI is InChI=1S/C28H22N2O2S/c1-19-11-13-20(14-12-19)18-32-25-16-22-8-6-5-7-21(22)15-23(25)17-26-27(31)30-28(33-26)29-24-9-3-2-4-10-24/h2-17H,18H2,1H3,(H,29,30,31). The summed E-state index contributed by atoms with van der Waals surface area (Å²) in [5, 5.41) is 5.61. The van der Waals surface area contributed by atoms with E-state index < -0.39 is 0 Å². The first-order chi connectivity index (χ1) is 16.1. The van der Waals surface area contributed by atoms with Gasteiger partial charge in [-0.1, -0.05) is 72.3 Å². The fraction of sp³-hybridized carbons (Fsp3) is 0.0714. The van der Waals surface area contributed by atoms with Crippen LogP contribution in [0, 0.1) is 6.92 Å². The summed E-state index contributed by atoms with van der Waals surface area (Å²) in [7, 11) is 0. The number of aryl methyl sites for hydroxylation is 1. The largest absolute Gasteiger partial charge is 0.488 e. The zero-order valence-corrected chi connectivity index (χ0v) is 18.9. The number of benzene rings is 4. The van der Waals surface area contributed by atoms with Gasteiger partial charge in [-0.05, 0) is 65.4 Å². The maximum absolute atomic E-state index is 12.6. The van der Waals surface area contributed by atoms with E-state index in [1.807, 2.05) is 54.6 Å². The van der Waals surface area contributed by atoms with Crippen LogP contribution in [0.25, 0.3) is 16.8 Å². The number of carbonyl (C=O) groups excluding carboxylic acids is 1. The Labute approximate surface area is 197 Å². The number of hydrogen-bond acceptors (Lipinski definition) is 4. The highest BCUT2D eigenvalue weighted by molar-refractivity contribution is 8.18. The third kappa shape index (κ3) is 4.99. The first-order valence-electron chi connectivity index (χ1n) is 10.7. The third-order valence-corrected chi connectivity index (χ3v) is 6.23. The van der Waals surface area contributed by atoms with Crippen molar-refractivity contribution in [2.24, 2.45) is 4.99 Å². The second kappa shape index (κ2) is 9.35. The number of rotatable bonds is 5. The van der Waals surface area contributed by atoms with Crippen LogP contribution in [-0.4, -0.2) is 11.1 Å². The van der Waals surface area contributed by atoms with Crippen LogP contribution in [0.1, 0.15) is 16.7 Å². The summed E-state index contributed by atoms with van der Waals surface area (Å²) in [6.45, 7) is 2.52. The number of nitrogens with zero attached hydrogens (tertiary/aromatic N) is 1. The molecule has 1 saturated heterocycles. The molecule has 4 nitrogen and oxygen atoms in total. The molecule has 0 spiro atoms. The maximum Gasteiger partial charge on any atom is 0.264 e. The SMILES string of the molecule is Cc1ccc(COc2cc3ccccc3cc2C=C2SC(=Nc3ccccc3)NC2=O)cc1. The Bertz CT molecular complexity index is 1380. The molecule has 1 aliphatic heterocycles. The molecular weight excluding hydrogens is 428 g/mol. The molecule has 0 aliphatic carbocycles. The number of para-hydroxylation sites is 1. The van der Waals surface area contributed by atoms with E-state index in [-0.39, 0.29) is 5.91 Å². The number of carbonyl (C=O) groups is 1. The lowest BCUT2D eigenvalue weighted by atomic mass is 10.1. The second-order valence-corrected chi connectivity index (χ2v) is 8.86. The van der Waals surface area contributed by atoms with Gasteiger partial charge < -0.3 is 10.1 Å². The Hall–Kier alpha value is -3.83. The fourth-order valence-electron chi connectivity index (χ4n) is 3.56. The molecule has 0 saturated carbocycles. The van der Waals surface area contributed by atoms with E-state index >= 15 is 0 Å². The van der Waals surface area contributed by atoms with Crippen LogP contribution in [0.3, 0.4) is 0 Å². The van der Waals surface area contributed by atoms with E-state index in [0.29, 0.717) is 16.7 Å². The topological polar surface area (TPSA) is 50.7 Å². The van der Waals surface area contributed by atoms with E-state index in [1.54, 1.807) is 0 Å². The Morgan fingerprint density at radius 1 is 0.909 bits per heavy atom. The van der Waals surface area contributed by atoms with Crippen molar-refractivity contribution in [3.8, 4) is 5.75 Å². The molecule has 4 aromatic carbocycles. The van der Waals surface area contributed by atoms with Gasteiger partial charge in [0.25, 0.3) is 5.91 Å². The molecule has 5 heteroatoms. The van der Waals surface area contributed by atoms with Crippen LogP contribution in [0.5, 0.6) is 5.75 Å². The quantitative estimate of drug-likeness (QED) is 0.348. The molecule has 162 valence electrons. The van der Waals surface area contributed by atoms with Gasteiger partial charge in [0.15, 0.2) is 5.17 Å². The second-order valence-electron chi connectivity index (χ2n) is 7.83. The number of thioether (sulfide) groups is 1. The number of hydrogen-bond donors (Lipinski definition) is 1. The lowest BCUT2D eigenvalue weighted by molar-refractivity contribution is -0.115. The first kappa shape index (κ1) is 21.0. The van der Waals surface area contributed by atoms with E-state index in [2.05, 4.69) is 59.7 Å². The van der Waals surface area contributed by atoms with E-state index in [1.165, 1.54) is 17.3 Å². The molecule has 5 rings (SSSR count). The van der Waals surface area contributed by atoms with Gasteiger partial charge in [0.2, 0.25) is 0 Å². The van der Waals surface area contributed by atoms with Gasteiger partial charge in [0, 0.05) is 5.56 Å². The molecule has 0 aromatic heterocycles. The molecule has 0 unspecified atom stereocenters. The number of nitrogens with one attached hydrogen (secondary N) is 1. The van der Waals surface area contributed by atoms with Gasteiger partial charge in [-0.25, -0.2) is 4.99 Å². The van der Waals surface area contributed by atoms with Gasteiger partial charge in [-0.2, -0.15) is 0 Å². The highest BCUT2D eigenvalue weighted by atomic mass is 32.2. The van der Waals surface area contributed by atoms with Crippen LogP contribution in [0.4, 0.5) is 5.69 Å². The average Bonchev–Trinajstić information content (AvgIpc) is 3.17. The molecule has 1 fully saturated rings. The summed E-state index contributed by atoms with van der Waals surface area (Å²) in [5.41, 5.74) is 3.97. The van der Waals surface area contributed by atoms with Crippen molar-refractivity contribution in [2.75, 3.05) is 0 Å². The summed E-state index contributed by atoms with van der Waals surface area (Å²) >= 11 is 1.33. The van der Waals surface area contributed by atoms with Crippen LogP contribution >= 0.6 is 11.8 Å². The van der Waals surface area contributed by atoms with Crippen LogP contribution in [0.15, 0.2) is 101 Å². The van der Waals surface area contributed by atoms with Gasteiger partial charge >= 0.3 is 0 Å². The van der Waals surface area contributed by atoms with Crippen molar-refractivity contribution in [1.82, 2.24) is 5.32 Å². The van der Waals surface area contributed by atoms with Gasteiger partial charge in [-0.3, -0.25) is 4.79 Å². The van der Waals surface area contributed by atoms with E-state index in [0.717, 1.165) is 33.3 Å². The highest BCUT2D eigenvalue weighted by Crippen LogP contribution is 2.33. The summed E-state index contributed by atoms with van der Waals surface area (Å²) in [6, 6.07) is 30.1. The monoisotopic (exact) mass is 450 g/mol. The average molecular weight is 451 g/mol. The number of fused-ring (bicyclic) bond motifs is 1. The minimum Gasteiger partial charge on any atom is -0.488 e. The summed E-state index contributed by atoms with van der Waals surface area (Å²) in [6.07, 6.45) is 1.88. The highest BCUT2D eigenvalue weighted by Gasteiger charge is 2.24. The molecule has 0 bridgehead atoms. The minimum atomic E-state index is -0.160. The van der Waals surface area contributed by atoms with Crippen molar-refractivity contribution < 1.29 is 9.53 Å². The molecule has 1 aliphatic rings. The van der Waals surface area contributed by atoms with Crippen LogP contribution in [-0.2, 0) is 11.4 Å². The normalized spacial score (nSPS) is 15.8. The minimum absolute atomic E-state index is 0.160. The van der Waals surface area contributed by atoms with Crippen molar-refractivity contribution >= 4 is 45.4 Å². The van der Waals surface area contributed by atoms with Crippen LogP contribution < -0.4 is 10.1 Å². The Balaban J connectivity index is 1.46. The predicted octanol–water partition coefficient (Wildman–Crippen LogP) is 6.62.